The fourth-order valence-electron chi connectivity index (χ4n) is 4.82. The lowest BCUT2D eigenvalue weighted by molar-refractivity contribution is 0.0972. The van der Waals surface area contributed by atoms with Crippen LogP contribution in [0.5, 0.6) is 11.5 Å². The van der Waals surface area contributed by atoms with Gasteiger partial charge in [0.05, 0.1) is 24.1 Å². The van der Waals surface area contributed by atoms with E-state index in [1.807, 2.05) is 18.7 Å². The molecule has 3 fully saturated rings. The maximum Gasteiger partial charge on any atom is 0.304 e. The number of fused-ring (bicyclic) bond motifs is 2. The molecule has 5 rings (SSSR count). The molecule has 0 unspecified atom stereocenters. The highest BCUT2D eigenvalue weighted by molar-refractivity contribution is 7.87. The number of piperazine rings is 1. The fraction of sp³-hybridized carbons (Fsp3) is 0.520. The molecule has 200 valence electrons. The van der Waals surface area contributed by atoms with Crippen LogP contribution in [0.1, 0.15) is 54.8 Å². The lowest BCUT2D eigenvalue weighted by Gasteiger charge is -2.30. The van der Waals surface area contributed by atoms with E-state index in [9.17, 15) is 22.0 Å². The zero-order valence-electron chi connectivity index (χ0n) is 20.7. The molecule has 2 aromatic rings. The van der Waals surface area contributed by atoms with Gasteiger partial charge in [-0.3, -0.25) is 9.78 Å². The van der Waals surface area contributed by atoms with Crippen molar-refractivity contribution in [2.75, 3.05) is 26.7 Å². The normalized spacial score (nSPS) is 22.7. The van der Waals surface area contributed by atoms with Gasteiger partial charge in [-0.25, -0.2) is 9.11 Å². The molecule has 1 saturated carbocycles. The molecular formula is C25H30F2N4O5S. The molecule has 1 aliphatic carbocycles. The molecule has 1 aromatic carbocycles. The van der Waals surface area contributed by atoms with Crippen LogP contribution in [0, 0.1) is 17.6 Å². The molecule has 12 heteroatoms. The zero-order valence-corrected chi connectivity index (χ0v) is 21.5. The summed E-state index contributed by atoms with van der Waals surface area (Å²) >= 11 is 0. The summed E-state index contributed by atoms with van der Waals surface area (Å²) in [6.07, 6.45) is 4.34. The smallest absolute Gasteiger partial charge is 0.304 e. The summed E-state index contributed by atoms with van der Waals surface area (Å²) in [7, 11) is -2.29. The quantitative estimate of drug-likeness (QED) is 0.498. The first-order valence-corrected chi connectivity index (χ1v) is 13.9. The van der Waals surface area contributed by atoms with Gasteiger partial charge in [0, 0.05) is 25.2 Å². The molecule has 9 nitrogen and oxygen atoms in total. The first-order valence-electron chi connectivity index (χ1n) is 12.4. The minimum Gasteiger partial charge on any atom is -0.492 e. The Labute approximate surface area is 214 Å². The summed E-state index contributed by atoms with van der Waals surface area (Å²) in [5.74, 6) is -3.28. The largest absolute Gasteiger partial charge is 0.492 e. The second kappa shape index (κ2) is 10.1. The number of hydrogen-bond donors (Lipinski definition) is 1. The van der Waals surface area contributed by atoms with Crippen LogP contribution in [0.25, 0.3) is 0 Å². The van der Waals surface area contributed by atoms with Crippen molar-refractivity contribution < 1.29 is 31.5 Å². The topological polar surface area (TPSA) is 101 Å². The Morgan fingerprint density at radius 3 is 2.54 bits per heavy atom. The molecule has 0 radical (unpaired) electrons. The van der Waals surface area contributed by atoms with E-state index in [-0.39, 0.29) is 18.6 Å². The number of nitrogens with one attached hydrogen (secondary N) is 1. The monoisotopic (exact) mass is 536 g/mol. The Kier molecular flexibility index (Phi) is 7.08. The second-order valence-electron chi connectivity index (χ2n) is 9.92. The van der Waals surface area contributed by atoms with Crippen LogP contribution in [0.15, 0.2) is 30.5 Å². The average Bonchev–Trinajstić information content (AvgIpc) is 3.50. The minimum absolute atomic E-state index is 0.0785. The van der Waals surface area contributed by atoms with E-state index in [2.05, 4.69) is 9.88 Å². The lowest BCUT2D eigenvalue weighted by atomic mass is 10.1. The third kappa shape index (κ3) is 5.41. The van der Waals surface area contributed by atoms with Crippen molar-refractivity contribution in [1.29, 1.82) is 0 Å². The highest BCUT2D eigenvalue weighted by atomic mass is 32.2. The van der Waals surface area contributed by atoms with E-state index in [4.69, 9.17) is 9.47 Å². The van der Waals surface area contributed by atoms with Crippen LogP contribution in [0.2, 0.25) is 0 Å². The number of aromatic nitrogens is 1. The van der Waals surface area contributed by atoms with Gasteiger partial charge >= 0.3 is 10.2 Å². The van der Waals surface area contributed by atoms with Crippen molar-refractivity contribution in [3.8, 4) is 11.5 Å². The molecule has 1 aromatic heterocycles. The van der Waals surface area contributed by atoms with Crippen LogP contribution in [-0.2, 0) is 10.2 Å². The molecule has 2 aliphatic heterocycles. The van der Waals surface area contributed by atoms with E-state index in [1.54, 1.807) is 18.3 Å². The van der Waals surface area contributed by atoms with Crippen LogP contribution in [0.4, 0.5) is 8.78 Å². The summed E-state index contributed by atoms with van der Waals surface area (Å²) in [5, 5.41) is 0. The maximum atomic E-state index is 14.9. The van der Waals surface area contributed by atoms with Crippen molar-refractivity contribution in [2.45, 2.75) is 50.8 Å². The van der Waals surface area contributed by atoms with Gasteiger partial charge in [-0.05, 0) is 62.9 Å². The van der Waals surface area contributed by atoms with Crippen molar-refractivity contribution in [2.24, 2.45) is 5.92 Å². The predicted octanol–water partition coefficient (Wildman–Crippen LogP) is 3.04. The van der Waals surface area contributed by atoms with Gasteiger partial charge < -0.3 is 14.4 Å². The number of halogens is 2. The highest BCUT2D eigenvalue weighted by Crippen LogP contribution is 2.33. The van der Waals surface area contributed by atoms with Crippen molar-refractivity contribution in [3.63, 3.8) is 0 Å². The summed E-state index contributed by atoms with van der Waals surface area (Å²) in [6.45, 7) is 3.26. The molecule has 0 spiro atoms. The van der Waals surface area contributed by atoms with Gasteiger partial charge in [0.15, 0.2) is 11.6 Å². The number of likely N-dealkylation sites (tertiary alicyclic amines) is 1. The number of carbonyl (C=O) groups is 1. The third-order valence-corrected chi connectivity index (χ3v) is 8.71. The Hall–Kier alpha value is -2.83. The molecule has 2 saturated heterocycles. The van der Waals surface area contributed by atoms with Gasteiger partial charge in [-0.1, -0.05) is 6.92 Å². The molecule has 2 bridgehead atoms. The Morgan fingerprint density at radius 1 is 1.16 bits per heavy atom. The van der Waals surface area contributed by atoms with Gasteiger partial charge in [-0.15, -0.1) is 0 Å². The molecule has 37 heavy (non-hydrogen) atoms. The van der Waals surface area contributed by atoms with Crippen molar-refractivity contribution in [3.05, 3.63) is 53.4 Å². The van der Waals surface area contributed by atoms with E-state index in [1.165, 1.54) is 17.1 Å². The number of amides is 1. The van der Waals surface area contributed by atoms with Crippen LogP contribution in [-0.4, -0.2) is 67.3 Å². The van der Waals surface area contributed by atoms with Crippen molar-refractivity contribution >= 4 is 16.1 Å². The molecule has 3 aliphatic rings. The number of benzene rings is 1. The van der Waals surface area contributed by atoms with Gasteiger partial charge in [0.25, 0.3) is 5.91 Å². The predicted molar refractivity (Wildman–Crippen MR) is 130 cm³/mol. The van der Waals surface area contributed by atoms with Crippen LogP contribution < -0.4 is 14.2 Å². The number of rotatable bonds is 10. The highest BCUT2D eigenvalue weighted by Gasteiger charge is 2.47. The molecule has 1 N–H and O–H groups in total. The number of carbonyl (C=O) groups excluding carboxylic acids is 1. The Bertz CT molecular complexity index is 1270. The summed E-state index contributed by atoms with van der Waals surface area (Å²) in [4.78, 5) is 19.0. The Balaban J connectivity index is 1.25. The van der Waals surface area contributed by atoms with E-state index < -0.39 is 45.2 Å². The number of hydrogen-bond acceptors (Lipinski definition) is 7. The second-order valence-corrected chi connectivity index (χ2v) is 11.5. The van der Waals surface area contributed by atoms with Crippen LogP contribution in [0.3, 0.4) is 0 Å². The maximum absolute atomic E-state index is 14.9. The van der Waals surface area contributed by atoms with E-state index in [0.29, 0.717) is 43.4 Å². The van der Waals surface area contributed by atoms with Crippen molar-refractivity contribution in [1.82, 2.24) is 18.9 Å². The summed E-state index contributed by atoms with van der Waals surface area (Å²) < 4.78 is 69.7. The number of nitrogens with zero attached hydrogens (tertiary/aromatic N) is 3. The Morgan fingerprint density at radius 2 is 1.95 bits per heavy atom. The van der Waals surface area contributed by atoms with E-state index in [0.717, 1.165) is 12.1 Å². The molecule has 3 atom stereocenters. The van der Waals surface area contributed by atoms with Gasteiger partial charge in [0.1, 0.15) is 11.9 Å². The minimum atomic E-state index is -4.20. The average molecular weight is 537 g/mol. The summed E-state index contributed by atoms with van der Waals surface area (Å²) in [5.41, 5.74) is -0.210. The molecule has 3 heterocycles. The van der Waals surface area contributed by atoms with Gasteiger partial charge in [-0.2, -0.15) is 17.1 Å². The molecular weight excluding hydrogens is 506 g/mol. The van der Waals surface area contributed by atoms with Gasteiger partial charge in [0.2, 0.25) is 5.82 Å². The SMILES string of the molecule is CC[C@@H](Oc1ccc(C(=O)NS(=O)(=O)N2C[C@@H]3C[C@H]2CN3C)c(F)c1F)c1ccc(OCC2CC2)cn1. The summed E-state index contributed by atoms with van der Waals surface area (Å²) in [6, 6.07) is 5.41. The number of ether oxygens (including phenoxy) is 2. The first-order chi connectivity index (χ1) is 17.7. The standard InChI is InChI=1S/C25H30F2N4O5S/c1-3-21(20-8-6-18(11-28-20)35-14-15-4-5-15)36-22-9-7-19(23(26)24(22)27)25(32)29-37(33,34)31-13-16-10-17(31)12-30(16)2/h6-9,11,15-17,21H,3-5,10,12-14H2,1-2H3,(H,29,32)/t16-,17-,21+/m0/s1. The number of pyridine rings is 1. The fourth-order valence-corrected chi connectivity index (χ4v) is 6.20. The lowest BCUT2D eigenvalue weighted by Crippen LogP contribution is -2.52. The van der Waals surface area contributed by atoms with Crippen LogP contribution >= 0.6 is 0 Å². The first kappa shape index (κ1) is 25.8. The number of likely N-dealkylation sites (N-methyl/N-ethyl adjacent to an activating group) is 1. The van der Waals surface area contributed by atoms with E-state index >= 15 is 0 Å². The molecule has 1 amide bonds. The third-order valence-electron chi connectivity index (χ3n) is 7.20. The zero-order chi connectivity index (χ0) is 26.3.